The van der Waals surface area contributed by atoms with E-state index in [1.54, 1.807) is 6.08 Å². The molecule has 0 heterocycles. The number of hydrogen-bond donors (Lipinski definition) is 3. The Morgan fingerprint density at radius 3 is 0.968 bits per heavy atom. The predicted molar refractivity (Wildman–Crippen MR) is 281 cm³/mol. The minimum atomic E-state index is -0.840. The molecule has 0 saturated heterocycles. The van der Waals surface area contributed by atoms with Gasteiger partial charge in [-0.1, -0.05) is 287 Å². The van der Waals surface area contributed by atoms with Gasteiger partial charge < -0.3 is 15.5 Å². The van der Waals surface area contributed by atoms with Crippen LogP contribution < -0.4 is 5.32 Å². The van der Waals surface area contributed by atoms with E-state index in [4.69, 9.17) is 0 Å². The first kappa shape index (κ1) is 61.4. The zero-order valence-corrected chi connectivity index (χ0v) is 42.6. The Morgan fingerprint density at radius 1 is 0.381 bits per heavy atom. The molecule has 0 aliphatic carbocycles. The topological polar surface area (TPSA) is 69.6 Å². The summed E-state index contributed by atoms with van der Waals surface area (Å²) in [5.41, 5.74) is 0. The van der Waals surface area contributed by atoms with Gasteiger partial charge in [0.15, 0.2) is 0 Å². The highest BCUT2D eigenvalue weighted by Gasteiger charge is 2.18. The average Bonchev–Trinajstić information content (AvgIpc) is 3.29. The second-order valence-corrected chi connectivity index (χ2v) is 19.4. The predicted octanol–water partition coefficient (Wildman–Crippen LogP) is 18.6. The van der Waals surface area contributed by atoms with Crippen molar-refractivity contribution in [1.29, 1.82) is 0 Å². The molecule has 0 bridgehead atoms. The fourth-order valence-electron chi connectivity index (χ4n) is 8.72. The molecule has 2 atom stereocenters. The molecule has 0 rings (SSSR count). The fraction of sp³-hybridized carbons (Fsp3) is 0.847. The van der Waals surface area contributed by atoms with Crippen LogP contribution in [0.2, 0.25) is 0 Å². The molecule has 0 aromatic carbocycles. The van der Waals surface area contributed by atoms with Gasteiger partial charge in [-0.15, -0.1) is 0 Å². The molecule has 370 valence electrons. The zero-order valence-electron chi connectivity index (χ0n) is 42.6. The molecular formula is C59H111NO3. The molecule has 4 heteroatoms. The van der Waals surface area contributed by atoms with Crippen LogP contribution in [0.4, 0.5) is 0 Å². The summed E-state index contributed by atoms with van der Waals surface area (Å²) in [5.74, 6) is -0.0608. The van der Waals surface area contributed by atoms with E-state index in [-0.39, 0.29) is 12.5 Å². The van der Waals surface area contributed by atoms with E-state index >= 15 is 0 Å². The van der Waals surface area contributed by atoms with Crippen LogP contribution in [0.5, 0.6) is 0 Å². The minimum Gasteiger partial charge on any atom is -0.394 e. The summed E-state index contributed by atoms with van der Waals surface area (Å²) in [6.07, 6.45) is 75.5. The largest absolute Gasteiger partial charge is 0.394 e. The first-order valence-corrected chi connectivity index (χ1v) is 28.4. The third-order valence-electron chi connectivity index (χ3n) is 13.1. The second kappa shape index (κ2) is 54.7. The van der Waals surface area contributed by atoms with E-state index in [0.717, 1.165) is 38.5 Å². The average molecular weight is 883 g/mol. The second-order valence-electron chi connectivity index (χ2n) is 19.4. The minimum absolute atomic E-state index is 0.0608. The molecule has 1 amide bonds. The van der Waals surface area contributed by atoms with Crippen molar-refractivity contribution in [1.82, 2.24) is 5.32 Å². The quantitative estimate of drug-likeness (QED) is 0.0421. The van der Waals surface area contributed by atoms with Gasteiger partial charge in [0.1, 0.15) is 0 Å². The molecule has 0 fully saturated rings. The Bertz CT molecular complexity index is 1000. The van der Waals surface area contributed by atoms with Crippen LogP contribution in [0.1, 0.15) is 303 Å². The van der Waals surface area contributed by atoms with Crippen molar-refractivity contribution in [3.05, 3.63) is 48.6 Å². The third kappa shape index (κ3) is 51.2. The van der Waals surface area contributed by atoms with Gasteiger partial charge in [-0.2, -0.15) is 0 Å². The lowest BCUT2D eigenvalue weighted by molar-refractivity contribution is -0.123. The van der Waals surface area contributed by atoms with E-state index in [2.05, 4.69) is 55.6 Å². The van der Waals surface area contributed by atoms with Gasteiger partial charge in [0.25, 0.3) is 0 Å². The maximum Gasteiger partial charge on any atom is 0.220 e. The SMILES string of the molecule is CCCCCCC/C=C\C/C=C\C/C=C\CCCCCCCCCCCCCCCCCCC(=O)NC(CO)C(O)/C=C/CCCCCCCCCCCCCCCCCCCC. The van der Waals surface area contributed by atoms with Crippen LogP contribution in [0.15, 0.2) is 48.6 Å². The summed E-state index contributed by atoms with van der Waals surface area (Å²) in [7, 11) is 0. The first-order valence-electron chi connectivity index (χ1n) is 28.4. The normalized spacial score (nSPS) is 13.1. The lowest BCUT2D eigenvalue weighted by Gasteiger charge is -2.20. The van der Waals surface area contributed by atoms with Gasteiger partial charge in [-0.3, -0.25) is 4.79 Å². The Kier molecular flexibility index (Phi) is 53.3. The summed E-state index contributed by atoms with van der Waals surface area (Å²) in [6, 6.07) is -0.623. The molecule has 2 unspecified atom stereocenters. The van der Waals surface area contributed by atoms with Gasteiger partial charge in [-0.25, -0.2) is 0 Å². The Labute approximate surface area is 394 Å². The number of amides is 1. The zero-order chi connectivity index (χ0) is 45.6. The third-order valence-corrected chi connectivity index (χ3v) is 13.1. The summed E-state index contributed by atoms with van der Waals surface area (Å²) in [4.78, 5) is 12.5. The molecule has 63 heavy (non-hydrogen) atoms. The van der Waals surface area contributed by atoms with Crippen molar-refractivity contribution in [3.63, 3.8) is 0 Å². The van der Waals surface area contributed by atoms with E-state index in [9.17, 15) is 15.0 Å². The number of aliphatic hydroxyl groups excluding tert-OH is 2. The monoisotopic (exact) mass is 882 g/mol. The van der Waals surface area contributed by atoms with E-state index in [1.807, 2.05) is 6.08 Å². The van der Waals surface area contributed by atoms with Crippen LogP contribution in [0.25, 0.3) is 0 Å². The van der Waals surface area contributed by atoms with E-state index < -0.39 is 12.1 Å². The molecular weight excluding hydrogens is 771 g/mol. The van der Waals surface area contributed by atoms with Gasteiger partial charge in [-0.05, 0) is 57.8 Å². The standard InChI is InChI=1S/C59H111NO3/c1-3-5-7-9-11-13-15-17-19-21-23-25-26-27-28-29-30-31-32-33-34-35-37-39-41-43-45-47-49-51-53-55-59(63)60-57(56-61)58(62)54-52-50-48-46-44-42-40-38-36-24-22-20-18-16-14-12-10-8-6-4-2/h15,17,21,23,26-27,52,54,57-58,61-62H,3-14,16,18-20,22,24-25,28-51,53,55-56H2,1-2H3,(H,60,63)/b17-15-,23-21-,27-26-,54-52+. The van der Waals surface area contributed by atoms with Gasteiger partial charge in [0.2, 0.25) is 5.91 Å². The van der Waals surface area contributed by atoms with Crippen molar-refractivity contribution in [3.8, 4) is 0 Å². The van der Waals surface area contributed by atoms with Crippen molar-refractivity contribution < 1.29 is 15.0 Å². The number of carbonyl (C=O) groups excluding carboxylic acids is 1. The van der Waals surface area contributed by atoms with Gasteiger partial charge >= 0.3 is 0 Å². The number of unbranched alkanes of at least 4 members (excludes halogenated alkanes) is 39. The number of allylic oxidation sites excluding steroid dienone is 7. The summed E-state index contributed by atoms with van der Waals surface area (Å²) >= 11 is 0. The maximum atomic E-state index is 12.5. The first-order chi connectivity index (χ1) is 31.2. The van der Waals surface area contributed by atoms with Crippen LogP contribution in [-0.2, 0) is 4.79 Å². The number of aliphatic hydroxyl groups is 2. The van der Waals surface area contributed by atoms with E-state index in [0.29, 0.717) is 6.42 Å². The highest BCUT2D eigenvalue weighted by Crippen LogP contribution is 2.17. The Morgan fingerprint density at radius 2 is 0.651 bits per heavy atom. The number of nitrogens with one attached hydrogen (secondary N) is 1. The highest BCUT2D eigenvalue weighted by atomic mass is 16.3. The van der Waals surface area contributed by atoms with Crippen LogP contribution in [0, 0.1) is 0 Å². The van der Waals surface area contributed by atoms with Crippen LogP contribution in [0.3, 0.4) is 0 Å². The molecule has 0 saturated carbocycles. The van der Waals surface area contributed by atoms with Gasteiger partial charge in [0.05, 0.1) is 18.8 Å². The fourth-order valence-corrected chi connectivity index (χ4v) is 8.72. The van der Waals surface area contributed by atoms with Crippen molar-refractivity contribution in [2.75, 3.05) is 6.61 Å². The molecule has 0 aliphatic heterocycles. The van der Waals surface area contributed by atoms with E-state index in [1.165, 1.54) is 244 Å². The molecule has 0 spiro atoms. The summed E-state index contributed by atoms with van der Waals surface area (Å²) in [5, 5.41) is 23.2. The van der Waals surface area contributed by atoms with Crippen molar-refractivity contribution >= 4 is 5.91 Å². The summed E-state index contributed by atoms with van der Waals surface area (Å²) < 4.78 is 0. The smallest absolute Gasteiger partial charge is 0.220 e. The summed E-state index contributed by atoms with van der Waals surface area (Å²) in [6.45, 7) is 4.32. The molecule has 0 aromatic heterocycles. The van der Waals surface area contributed by atoms with Crippen LogP contribution >= 0.6 is 0 Å². The lowest BCUT2D eigenvalue weighted by atomic mass is 10.0. The molecule has 0 aliphatic rings. The molecule has 0 radical (unpaired) electrons. The lowest BCUT2D eigenvalue weighted by Crippen LogP contribution is -2.45. The van der Waals surface area contributed by atoms with Crippen molar-refractivity contribution in [2.24, 2.45) is 0 Å². The molecule has 3 N–H and O–H groups in total. The number of hydrogen-bond acceptors (Lipinski definition) is 3. The Hall–Kier alpha value is -1.65. The highest BCUT2D eigenvalue weighted by molar-refractivity contribution is 5.76. The molecule has 0 aromatic rings. The number of rotatable bonds is 52. The Balaban J connectivity index is 3.48. The van der Waals surface area contributed by atoms with Crippen molar-refractivity contribution in [2.45, 2.75) is 315 Å². The number of carbonyl (C=O) groups is 1. The van der Waals surface area contributed by atoms with Gasteiger partial charge in [0, 0.05) is 6.42 Å². The molecule has 4 nitrogen and oxygen atoms in total. The van der Waals surface area contributed by atoms with Crippen LogP contribution in [-0.4, -0.2) is 34.9 Å². The maximum absolute atomic E-state index is 12.5.